The van der Waals surface area contributed by atoms with Gasteiger partial charge in [-0.15, -0.1) is 0 Å². The van der Waals surface area contributed by atoms with Crippen molar-refractivity contribution in [1.29, 1.82) is 0 Å². The van der Waals surface area contributed by atoms with Crippen LogP contribution in [0.4, 0.5) is 0 Å². The number of carbonyl (C=O) groups excluding carboxylic acids is 1. The number of nitrogens with zero attached hydrogens (tertiary/aromatic N) is 4. The molecule has 2 N–H and O–H groups in total. The van der Waals surface area contributed by atoms with Gasteiger partial charge in [0.05, 0.1) is 6.04 Å². The number of carbonyl (C=O) groups is 1. The Morgan fingerprint density at radius 1 is 1.00 bits per heavy atom. The van der Waals surface area contributed by atoms with Crippen molar-refractivity contribution in [1.82, 2.24) is 24.8 Å². The number of phenolic OH excluding ortho intramolecular Hbond substituents is 1. The number of imidazole rings is 1. The number of hydrogen-bond donors (Lipinski definition) is 2. The van der Waals surface area contributed by atoms with E-state index >= 15 is 0 Å². The molecule has 3 heterocycles. The zero-order valence-corrected chi connectivity index (χ0v) is 18.1. The van der Waals surface area contributed by atoms with Crippen LogP contribution in [0.3, 0.4) is 0 Å². The highest BCUT2D eigenvalue weighted by atomic mass is 16.3. The molecule has 1 atom stereocenters. The summed E-state index contributed by atoms with van der Waals surface area (Å²) in [6.07, 6.45) is 5.30. The number of benzene rings is 2. The van der Waals surface area contributed by atoms with Gasteiger partial charge in [0.15, 0.2) is 0 Å². The van der Waals surface area contributed by atoms with Gasteiger partial charge in [-0.25, -0.2) is 4.98 Å². The standard InChI is InChI=1S/C26H25N5O2/c32-22-10-8-19(9-11-22)17-30-13-14-31-18-23(26(33)28-16-20-5-4-12-27-15-20)29-25(31)24(30)21-6-2-1-3-7-21/h1-12,15,18,24,32H,13-14,16-17H2,(H,28,33). The number of aromatic nitrogens is 3. The quantitative estimate of drug-likeness (QED) is 0.480. The Morgan fingerprint density at radius 2 is 1.82 bits per heavy atom. The third-order valence-electron chi connectivity index (χ3n) is 5.89. The maximum absolute atomic E-state index is 12.8. The molecule has 166 valence electrons. The van der Waals surface area contributed by atoms with Crippen LogP contribution in [-0.2, 0) is 19.6 Å². The van der Waals surface area contributed by atoms with Gasteiger partial charge in [0.2, 0.25) is 0 Å². The van der Waals surface area contributed by atoms with E-state index in [0.717, 1.165) is 42.1 Å². The first-order chi connectivity index (χ1) is 16.2. The van der Waals surface area contributed by atoms with Crippen molar-refractivity contribution < 1.29 is 9.90 Å². The lowest BCUT2D eigenvalue weighted by atomic mass is 10.0. The summed E-state index contributed by atoms with van der Waals surface area (Å²) in [7, 11) is 0. The molecule has 7 nitrogen and oxygen atoms in total. The molecule has 0 radical (unpaired) electrons. The first-order valence-electron chi connectivity index (χ1n) is 11.0. The van der Waals surface area contributed by atoms with Crippen molar-refractivity contribution in [3.63, 3.8) is 0 Å². The van der Waals surface area contributed by atoms with Crippen molar-refractivity contribution in [2.45, 2.75) is 25.7 Å². The molecule has 0 fully saturated rings. The van der Waals surface area contributed by atoms with E-state index in [0.29, 0.717) is 12.2 Å². The van der Waals surface area contributed by atoms with Crippen LogP contribution in [0.1, 0.15) is 39.0 Å². The van der Waals surface area contributed by atoms with E-state index in [1.54, 1.807) is 24.5 Å². The van der Waals surface area contributed by atoms with Gasteiger partial charge in [0.1, 0.15) is 17.3 Å². The number of nitrogens with one attached hydrogen (secondary N) is 1. The molecule has 1 aliphatic heterocycles. The van der Waals surface area contributed by atoms with Crippen LogP contribution in [0.25, 0.3) is 0 Å². The lowest BCUT2D eigenvalue weighted by Crippen LogP contribution is -2.38. The van der Waals surface area contributed by atoms with Crippen molar-refractivity contribution >= 4 is 5.91 Å². The average molecular weight is 440 g/mol. The molecule has 2 aromatic heterocycles. The molecule has 4 aromatic rings. The largest absolute Gasteiger partial charge is 0.508 e. The minimum Gasteiger partial charge on any atom is -0.508 e. The van der Waals surface area contributed by atoms with Gasteiger partial charge in [-0.2, -0.15) is 0 Å². The molecule has 2 aromatic carbocycles. The van der Waals surface area contributed by atoms with Crippen LogP contribution in [-0.4, -0.2) is 37.0 Å². The minimum absolute atomic E-state index is 0.0753. The van der Waals surface area contributed by atoms with Gasteiger partial charge >= 0.3 is 0 Å². The Hall–Kier alpha value is -3.97. The second-order valence-electron chi connectivity index (χ2n) is 8.17. The predicted octanol–water partition coefficient (Wildman–Crippen LogP) is 3.52. The second kappa shape index (κ2) is 9.26. The number of hydrogen-bond acceptors (Lipinski definition) is 5. The Labute approximate surface area is 192 Å². The van der Waals surface area contributed by atoms with Crippen molar-refractivity contribution in [3.05, 3.63) is 114 Å². The van der Waals surface area contributed by atoms with Crippen molar-refractivity contribution in [3.8, 4) is 5.75 Å². The van der Waals surface area contributed by atoms with E-state index in [-0.39, 0.29) is 17.7 Å². The highest BCUT2D eigenvalue weighted by Gasteiger charge is 2.32. The number of rotatable bonds is 6. The first-order valence-corrected chi connectivity index (χ1v) is 11.0. The van der Waals surface area contributed by atoms with Gasteiger partial charge in [-0.3, -0.25) is 14.7 Å². The number of aromatic hydroxyl groups is 1. The molecule has 0 saturated carbocycles. The van der Waals surface area contributed by atoms with E-state index < -0.39 is 0 Å². The molecule has 0 saturated heterocycles. The summed E-state index contributed by atoms with van der Waals surface area (Å²) < 4.78 is 2.09. The summed E-state index contributed by atoms with van der Waals surface area (Å²) in [6.45, 7) is 2.69. The minimum atomic E-state index is -0.197. The van der Waals surface area contributed by atoms with Crippen molar-refractivity contribution in [2.24, 2.45) is 0 Å². The maximum atomic E-state index is 12.8. The number of amides is 1. The zero-order chi connectivity index (χ0) is 22.6. The third-order valence-corrected chi connectivity index (χ3v) is 5.89. The first kappa shape index (κ1) is 20.9. The zero-order valence-electron chi connectivity index (χ0n) is 18.1. The molecule has 1 unspecified atom stereocenters. The lowest BCUT2D eigenvalue weighted by Gasteiger charge is -2.36. The van der Waals surface area contributed by atoms with E-state index in [2.05, 4.69) is 31.9 Å². The fourth-order valence-corrected chi connectivity index (χ4v) is 4.24. The van der Waals surface area contributed by atoms with Crippen LogP contribution in [0.15, 0.2) is 85.3 Å². The number of fused-ring (bicyclic) bond motifs is 1. The van der Waals surface area contributed by atoms with Gasteiger partial charge in [0.25, 0.3) is 5.91 Å². The average Bonchev–Trinajstić information content (AvgIpc) is 3.29. The van der Waals surface area contributed by atoms with Gasteiger partial charge in [-0.1, -0.05) is 48.5 Å². The molecule has 0 spiro atoms. The van der Waals surface area contributed by atoms with Crippen LogP contribution in [0.2, 0.25) is 0 Å². The predicted molar refractivity (Wildman–Crippen MR) is 124 cm³/mol. The maximum Gasteiger partial charge on any atom is 0.271 e. The highest BCUT2D eigenvalue weighted by molar-refractivity contribution is 5.92. The lowest BCUT2D eigenvalue weighted by molar-refractivity contribution is 0.0946. The van der Waals surface area contributed by atoms with Crippen molar-refractivity contribution in [2.75, 3.05) is 6.54 Å². The fourth-order valence-electron chi connectivity index (χ4n) is 4.24. The summed E-state index contributed by atoms with van der Waals surface area (Å²) in [5, 5.41) is 12.6. The van der Waals surface area contributed by atoms with E-state index in [1.807, 2.05) is 48.7 Å². The molecule has 5 rings (SSSR count). The molecule has 1 amide bonds. The summed E-state index contributed by atoms with van der Waals surface area (Å²) in [4.78, 5) is 24.1. The summed E-state index contributed by atoms with van der Waals surface area (Å²) in [5.41, 5.74) is 3.60. The molecule has 0 aliphatic carbocycles. The van der Waals surface area contributed by atoms with Gasteiger partial charge in [-0.05, 0) is 34.9 Å². The summed E-state index contributed by atoms with van der Waals surface area (Å²) >= 11 is 0. The SMILES string of the molecule is O=C(NCc1cccnc1)c1cn2c(n1)C(c1ccccc1)N(Cc1ccc(O)cc1)CC2. The van der Waals surface area contributed by atoms with Crippen LogP contribution < -0.4 is 5.32 Å². The second-order valence-corrected chi connectivity index (χ2v) is 8.17. The van der Waals surface area contributed by atoms with Gasteiger partial charge < -0.3 is 15.0 Å². The Morgan fingerprint density at radius 3 is 2.58 bits per heavy atom. The normalized spacial score (nSPS) is 15.7. The van der Waals surface area contributed by atoms with Crippen LogP contribution >= 0.6 is 0 Å². The fraction of sp³-hybridized carbons (Fsp3) is 0.192. The molecular weight excluding hydrogens is 414 g/mol. The Balaban J connectivity index is 1.41. The topological polar surface area (TPSA) is 83.3 Å². The third kappa shape index (κ3) is 4.63. The molecule has 1 aliphatic rings. The Kier molecular flexibility index (Phi) is 5.87. The van der Waals surface area contributed by atoms with Gasteiger partial charge in [0, 0.05) is 44.8 Å². The van der Waals surface area contributed by atoms with Crippen LogP contribution in [0, 0.1) is 0 Å². The van der Waals surface area contributed by atoms with E-state index in [9.17, 15) is 9.90 Å². The molecule has 33 heavy (non-hydrogen) atoms. The monoisotopic (exact) mass is 439 g/mol. The molecule has 0 bridgehead atoms. The highest BCUT2D eigenvalue weighted by Crippen LogP contribution is 2.33. The Bertz CT molecular complexity index is 1220. The van der Waals surface area contributed by atoms with E-state index in [1.165, 1.54) is 0 Å². The number of phenols is 1. The molecule has 7 heteroatoms. The summed E-state index contributed by atoms with van der Waals surface area (Å²) in [6, 6.07) is 21.3. The number of pyridine rings is 1. The van der Waals surface area contributed by atoms with E-state index in [4.69, 9.17) is 4.98 Å². The molecular formula is C26H25N5O2. The van der Waals surface area contributed by atoms with Crippen LogP contribution in [0.5, 0.6) is 5.75 Å². The smallest absolute Gasteiger partial charge is 0.271 e. The summed E-state index contributed by atoms with van der Waals surface area (Å²) in [5.74, 6) is 0.921.